The molecule has 0 aromatic heterocycles. The molecule has 0 unspecified atom stereocenters. The highest BCUT2D eigenvalue weighted by Gasteiger charge is 1.93. The second-order valence-electron chi connectivity index (χ2n) is 2.39. The lowest BCUT2D eigenvalue weighted by Gasteiger charge is -1.98. The number of halogens is 1. The SMILES string of the molecule is O=CC(C=O)=NNc1ccc(Cl)cc1. The zero-order valence-corrected chi connectivity index (χ0v) is 7.86. The largest absolute Gasteiger partial charge is 0.296 e. The van der Waals surface area contributed by atoms with Crippen LogP contribution in [0.25, 0.3) is 0 Å². The van der Waals surface area contributed by atoms with Crippen LogP contribution in [0.1, 0.15) is 0 Å². The van der Waals surface area contributed by atoms with Gasteiger partial charge in [-0.1, -0.05) is 11.6 Å². The molecular formula is C9H7ClN2O2. The smallest absolute Gasteiger partial charge is 0.173 e. The first-order valence-electron chi connectivity index (χ1n) is 3.76. The van der Waals surface area contributed by atoms with Crippen molar-refractivity contribution < 1.29 is 9.59 Å². The van der Waals surface area contributed by atoms with Crippen molar-refractivity contribution in [2.75, 3.05) is 5.43 Å². The standard InChI is InChI=1S/C9H7ClN2O2/c10-7-1-3-8(4-2-7)11-12-9(5-13)6-14/h1-6,11H. The Morgan fingerprint density at radius 3 is 2.29 bits per heavy atom. The van der Waals surface area contributed by atoms with Crippen molar-refractivity contribution in [3.8, 4) is 0 Å². The van der Waals surface area contributed by atoms with E-state index in [0.29, 0.717) is 23.3 Å². The molecule has 1 aromatic carbocycles. The summed E-state index contributed by atoms with van der Waals surface area (Å²) >= 11 is 5.65. The predicted octanol–water partition coefficient (Wildman–Crippen LogP) is 1.51. The van der Waals surface area contributed by atoms with E-state index in [9.17, 15) is 9.59 Å². The number of nitrogens with zero attached hydrogens (tertiary/aromatic N) is 1. The van der Waals surface area contributed by atoms with Crippen LogP contribution in [0.4, 0.5) is 5.69 Å². The van der Waals surface area contributed by atoms with Crippen LogP contribution in [0.2, 0.25) is 5.02 Å². The van der Waals surface area contributed by atoms with Gasteiger partial charge < -0.3 is 0 Å². The molecule has 0 radical (unpaired) electrons. The Kier molecular flexibility index (Phi) is 3.82. The van der Waals surface area contributed by atoms with Crippen LogP contribution in [0.15, 0.2) is 29.4 Å². The first-order valence-corrected chi connectivity index (χ1v) is 4.13. The molecule has 0 aliphatic heterocycles. The fourth-order valence-electron chi connectivity index (χ4n) is 0.734. The van der Waals surface area contributed by atoms with Gasteiger partial charge in [-0.15, -0.1) is 0 Å². The van der Waals surface area contributed by atoms with Crippen molar-refractivity contribution in [2.24, 2.45) is 5.10 Å². The van der Waals surface area contributed by atoms with Crippen LogP contribution in [0.5, 0.6) is 0 Å². The van der Waals surface area contributed by atoms with Gasteiger partial charge in [-0.2, -0.15) is 5.10 Å². The minimum Gasteiger partial charge on any atom is -0.296 e. The molecule has 0 saturated carbocycles. The maximum absolute atomic E-state index is 10.2. The minimum absolute atomic E-state index is 0.194. The summed E-state index contributed by atoms with van der Waals surface area (Å²) in [5.41, 5.74) is 2.99. The fourth-order valence-corrected chi connectivity index (χ4v) is 0.860. The van der Waals surface area contributed by atoms with Crippen molar-refractivity contribution in [3.05, 3.63) is 29.3 Å². The highest BCUT2D eigenvalue weighted by Crippen LogP contribution is 2.12. The molecule has 0 bridgehead atoms. The monoisotopic (exact) mass is 210 g/mol. The number of hydrogen-bond donors (Lipinski definition) is 1. The quantitative estimate of drug-likeness (QED) is 0.355. The number of nitrogens with one attached hydrogen (secondary N) is 1. The molecule has 5 heteroatoms. The number of aldehydes is 2. The summed E-state index contributed by atoms with van der Waals surface area (Å²) in [7, 11) is 0. The normalized spacial score (nSPS) is 8.93. The van der Waals surface area contributed by atoms with Gasteiger partial charge in [0, 0.05) is 5.02 Å². The second kappa shape index (κ2) is 5.14. The van der Waals surface area contributed by atoms with Gasteiger partial charge in [0.05, 0.1) is 5.69 Å². The van der Waals surface area contributed by atoms with Crippen molar-refractivity contribution in [1.29, 1.82) is 0 Å². The Morgan fingerprint density at radius 2 is 1.79 bits per heavy atom. The van der Waals surface area contributed by atoms with Gasteiger partial charge in [0.2, 0.25) is 0 Å². The van der Waals surface area contributed by atoms with Crippen molar-refractivity contribution in [1.82, 2.24) is 0 Å². The molecule has 0 spiro atoms. The average molecular weight is 211 g/mol. The molecule has 0 amide bonds. The molecule has 0 fully saturated rings. The zero-order chi connectivity index (χ0) is 10.4. The molecule has 1 rings (SSSR count). The summed E-state index contributed by atoms with van der Waals surface area (Å²) in [4.78, 5) is 20.4. The Morgan fingerprint density at radius 1 is 1.21 bits per heavy atom. The lowest BCUT2D eigenvalue weighted by Crippen LogP contribution is -2.04. The van der Waals surface area contributed by atoms with Gasteiger partial charge in [0.15, 0.2) is 18.3 Å². The van der Waals surface area contributed by atoms with Crippen LogP contribution in [-0.2, 0) is 9.59 Å². The van der Waals surface area contributed by atoms with Gasteiger partial charge in [-0.05, 0) is 24.3 Å². The highest BCUT2D eigenvalue weighted by atomic mass is 35.5. The summed E-state index contributed by atoms with van der Waals surface area (Å²) in [6.07, 6.45) is 0.742. The molecule has 1 N–H and O–H groups in total. The van der Waals surface area contributed by atoms with E-state index in [0.717, 1.165) is 0 Å². The molecule has 0 saturated heterocycles. The average Bonchev–Trinajstić information content (AvgIpc) is 2.22. The van der Waals surface area contributed by atoms with E-state index in [1.165, 1.54) is 0 Å². The molecular weight excluding hydrogens is 204 g/mol. The molecule has 4 nitrogen and oxygen atoms in total. The Balaban J connectivity index is 2.69. The number of carbonyl (C=O) groups is 2. The van der Waals surface area contributed by atoms with E-state index < -0.39 is 0 Å². The van der Waals surface area contributed by atoms with E-state index in [-0.39, 0.29) is 5.71 Å². The third-order valence-corrected chi connectivity index (χ3v) is 1.65. The van der Waals surface area contributed by atoms with Crippen LogP contribution >= 0.6 is 11.6 Å². The topological polar surface area (TPSA) is 58.5 Å². The van der Waals surface area contributed by atoms with E-state index >= 15 is 0 Å². The van der Waals surface area contributed by atoms with Crippen molar-refractivity contribution in [2.45, 2.75) is 0 Å². The van der Waals surface area contributed by atoms with Crippen LogP contribution in [-0.4, -0.2) is 18.3 Å². The summed E-state index contributed by atoms with van der Waals surface area (Å²) in [6.45, 7) is 0. The molecule has 14 heavy (non-hydrogen) atoms. The van der Waals surface area contributed by atoms with Crippen molar-refractivity contribution in [3.63, 3.8) is 0 Å². The lowest BCUT2D eigenvalue weighted by molar-refractivity contribution is -0.105. The molecule has 0 heterocycles. The number of hydrazone groups is 1. The van der Waals surface area contributed by atoms with Gasteiger partial charge in [-0.25, -0.2) is 0 Å². The number of anilines is 1. The van der Waals surface area contributed by atoms with Gasteiger partial charge in [0.25, 0.3) is 0 Å². The van der Waals surface area contributed by atoms with Crippen LogP contribution < -0.4 is 5.43 Å². The van der Waals surface area contributed by atoms with Gasteiger partial charge in [0.1, 0.15) is 0 Å². The predicted molar refractivity (Wildman–Crippen MR) is 54.6 cm³/mol. The number of rotatable bonds is 4. The van der Waals surface area contributed by atoms with Gasteiger partial charge in [-0.3, -0.25) is 15.0 Å². The molecule has 0 atom stereocenters. The molecule has 1 aromatic rings. The van der Waals surface area contributed by atoms with E-state index in [4.69, 9.17) is 11.6 Å². The first-order chi connectivity index (χ1) is 6.76. The number of benzene rings is 1. The summed E-state index contributed by atoms with van der Waals surface area (Å²) in [6, 6.07) is 6.69. The third-order valence-electron chi connectivity index (χ3n) is 1.40. The molecule has 72 valence electrons. The third kappa shape index (κ3) is 2.99. The number of hydrogen-bond acceptors (Lipinski definition) is 4. The van der Waals surface area contributed by atoms with E-state index in [2.05, 4.69) is 10.5 Å². The summed E-state index contributed by atoms with van der Waals surface area (Å²) in [5.74, 6) is 0. The van der Waals surface area contributed by atoms with E-state index in [1.54, 1.807) is 24.3 Å². The van der Waals surface area contributed by atoms with Crippen molar-refractivity contribution >= 4 is 35.6 Å². The van der Waals surface area contributed by atoms with Crippen LogP contribution in [0.3, 0.4) is 0 Å². The Labute approximate surface area is 85.6 Å². The zero-order valence-electron chi connectivity index (χ0n) is 7.11. The maximum Gasteiger partial charge on any atom is 0.173 e. The maximum atomic E-state index is 10.2. The second-order valence-corrected chi connectivity index (χ2v) is 2.83. The van der Waals surface area contributed by atoms with Crippen LogP contribution in [0, 0.1) is 0 Å². The minimum atomic E-state index is -0.194. The first kappa shape index (κ1) is 10.4. The molecule has 0 aliphatic rings. The van der Waals surface area contributed by atoms with Gasteiger partial charge >= 0.3 is 0 Å². The Hall–Kier alpha value is -1.68. The fraction of sp³-hybridized carbons (Fsp3) is 0. The number of carbonyl (C=O) groups excluding carboxylic acids is 2. The highest BCUT2D eigenvalue weighted by molar-refractivity contribution is 6.53. The Bertz CT molecular complexity index is 350. The van der Waals surface area contributed by atoms with E-state index in [1.807, 2.05) is 0 Å². The molecule has 0 aliphatic carbocycles. The lowest BCUT2D eigenvalue weighted by atomic mass is 10.3. The summed E-state index contributed by atoms with van der Waals surface area (Å²) in [5, 5.41) is 4.15. The summed E-state index contributed by atoms with van der Waals surface area (Å²) < 4.78 is 0.